The third-order valence-corrected chi connectivity index (χ3v) is 0.942. The Kier molecular flexibility index (Phi) is 5.14. The van der Waals surface area contributed by atoms with Gasteiger partial charge in [-0.05, 0) is 0 Å². The molecule has 0 aliphatic heterocycles. The third-order valence-electron chi connectivity index (χ3n) is 0.942. The summed E-state index contributed by atoms with van der Waals surface area (Å²) in [6.07, 6.45) is 4.79. The van der Waals surface area contributed by atoms with Crippen molar-refractivity contribution in [3.05, 3.63) is 25.3 Å². The minimum atomic E-state index is 0.663. The molecular weight excluding hydrogens is 128 g/mol. The van der Waals surface area contributed by atoms with Gasteiger partial charge in [0.05, 0.1) is 0 Å². The molecule has 0 amide bonds. The second-order valence-electron chi connectivity index (χ2n) is 1.76. The molecule has 0 aromatic rings. The summed E-state index contributed by atoms with van der Waals surface area (Å²) in [6, 6.07) is 0. The topological polar surface area (TPSA) is 35.8 Å². The standard InChI is InChI=1S/C7H12N2O/c1-3-5-9(6-4-2)7-8-10/h3-4,7,10H,1-2,5-6H2. The summed E-state index contributed by atoms with van der Waals surface area (Å²) in [5.41, 5.74) is 0. The smallest absolute Gasteiger partial charge is 0.131 e. The molecule has 56 valence electrons. The van der Waals surface area contributed by atoms with Crippen LogP contribution in [0.1, 0.15) is 0 Å². The van der Waals surface area contributed by atoms with Gasteiger partial charge in [-0.15, -0.1) is 13.2 Å². The second kappa shape index (κ2) is 5.88. The van der Waals surface area contributed by atoms with E-state index in [0.717, 1.165) is 0 Å². The highest BCUT2D eigenvalue weighted by Crippen LogP contribution is 1.83. The Bertz CT molecular complexity index is 122. The van der Waals surface area contributed by atoms with Crippen molar-refractivity contribution in [2.45, 2.75) is 0 Å². The lowest BCUT2D eigenvalue weighted by molar-refractivity contribution is 0.311. The van der Waals surface area contributed by atoms with Crippen LogP contribution >= 0.6 is 0 Å². The molecule has 3 nitrogen and oxygen atoms in total. The third kappa shape index (κ3) is 3.72. The van der Waals surface area contributed by atoms with Gasteiger partial charge >= 0.3 is 0 Å². The molecular formula is C7H12N2O. The van der Waals surface area contributed by atoms with Crippen molar-refractivity contribution < 1.29 is 5.21 Å². The number of rotatable bonds is 5. The summed E-state index contributed by atoms with van der Waals surface area (Å²) >= 11 is 0. The average molecular weight is 140 g/mol. The SMILES string of the molecule is C=CCN(C=NO)CC=C. The first-order valence-electron chi connectivity index (χ1n) is 2.98. The summed E-state index contributed by atoms with van der Waals surface area (Å²) in [5.74, 6) is 0. The minimum absolute atomic E-state index is 0.663. The summed E-state index contributed by atoms with van der Waals surface area (Å²) in [4.78, 5) is 1.76. The molecule has 0 aliphatic carbocycles. The highest BCUT2D eigenvalue weighted by molar-refractivity contribution is 5.54. The fourth-order valence-corrected chi connectivity index (χ4v) is 0.573. The van der Waals surface area contributed by atoms with E-state index in [-0.39, 0.29) is 0 Å². The highest BCUT2D eigenvalue weighted by Gasteiger charge is 1.90. The van der Waals surface area contributed by atoms with Gasteiger partial charge in [-0.1, -0.05) is 17.3 Å². The van der Waals surface area contributed by atoms with Crippen LogP contribution in [0, 0.1) is 0 Å². The van der Waals surface area contributed by atoms with Crippen molar-refractivity contribution in [3.63, 3.8) is 0 Å². The van der Waals surface area contributed by atoms with Crippen LogP contribution in [0.25, 0.3) is 0 Å². The van der Waals surface area contributed by atoms with E-state index in [2.05, 4.69) is 18.3 Å². The maximum Gasteiger partial charge on any atom is 0.131 e. The Morgan fingerprint density at radius 1 is 1.30 bits per heavy atom. The summed E-state index contributed by atoms with van der Waals surface area (Å²) < 4.78 is 0. The van der Waals surface area contributed by atoms with Gasteiger partial charge in [0.15, 0.2) is 0 Å². The molecule has 0 fully saturated rings. The van der Waals surface area contributed by atoms with Crippen molar-refractivity contribution in [2.24, 2.45) is 5.16 Å². The lowest BCUT2D eigenvalue weighted by Crippen LogP contribution is -2.21. The van der Waals surface area contributed by atoms with Crippen molar-refractivity contribution in [1.29, 1.82) is 0 Å². The van der Waals surface area contributed by atoms with E-state index < -0.39 is 0 Å². The van der Waals surface area contributed by atoms with E-state index in [0.29, 0.717) is 13.1 Å². The molecule has 3 heteroatoms. The van der Waals surface area contributed by atoms with Crippen LogP contribution in [0.3, 0.4) is 0 Å². The van der Waals surface area contributed by atoms with Gasteiger partial charge in [-0.3, -0.25) is 0 Å². The van der Waals surface area contributed by atoms with E-state index in [1.54, 1.807) is 17.1 Å². The predicted octanol–water partition coefficient (Wildman–Crippen LogP) is 1.08. The molecule has 0 aromatic heterocycles. The molecule has 0 aliphatic rings. The molecule has 0 rings (SSSR count). The Balaban J connectivity index is 3.70. The molecule has 1 N–H and O–H groups in total. The minimum Gasteiger partial charge on any atom is -0.410 e. The van der Waals surface area contributed by atoms with Crippen molar-refractivity contribution >= 4 is 6.34 Å². The van der Waals surface area contributed by atoms with Crippen LogP contribution < -0.4 is 0 Å². The van der Waals surface area contributed by atoms with Gasteiger partial charge in [0, 0.05) is 13.1 Å². The Hall–Kier alpha value is -1.25. The number of oxime groups is 1. The van der Waals surface area contributed by atoms with Gasteiger partial charge in [0.1, 0.15) is 6.34 Å². The van der Waals surface area contributed by atoms with Crippen LogP contribution in [-0.2, 0) is 0 Å². The zero-order valence-electron chi connectivity index (χ0n) is 5.90. The first-order chi connectivity index (χ1) is 4.85. The van der Waals surface area contributed by atoms with Crippen molar-refractivity contribution in [2.75, 3.05) is 13.1 Å². The van der Waals surface area contributed by atoms with E-state index >= 15 is 0 Å². The molecule has 0 aromatic carbocycles. The molecule has 0 atom stereocenters. The molecule has 0 radical (unpaired) electrons. The van der Waals surface area contributed by atoms with Crippen LogP contribution in [-0.4, -0.2) is 29.5 Å². The first kappa shape index (κ1) is 8.75. The van der Waals surface area contributed by atoms with Crippen LogP contribution in [0.15, 0.2) is 30.5 Å². The average Bonchev–Trinajstić information content (AvgIpc) is 1.90. The summed E-state index contributed by atoms with van der Waals surface area (Å²) in [7, 11) is 0. The molecule has 0 saturated carbocycles. The van der Waals surface area contributed by atoms with Gasteiger partial charge in [0.25, 0.3) is 0 Å². The van der Waals surface area contributed by atoms with Crippen LogP contribution in [0.2, 0.25) is 0 Å². The lowest BCUT2D eigenvalue weighted by atomic mass is 10.5. The zero-order valence-corrected chi connectivity index (χ0v) is 5.90. The summed E-state index contributed by atoms with van der Waals surface area (Å²) in [5, 5.41) is 11.0. The fraction of sp³-hybridized carbons (Fsp3) is 0.286. The Labute approximate surface area is 61.0 Å². The number of nitrogens with zero attached hydrogens (tertiary/aromatic N) is 2. The van der Waals surface area contributed by atoms with Gasteiger partial charge in [0.2, 0.25) is 0 Å². The Morgan fingerprint density at radius 2 is 1.80 bits per heavy atom. The molecule has 0 saturated heterocycles. The fourth-order valence-electron chi connectivity index (χ4n) is 0.573. The number of hydrogen-bond acceptors (Lipinski definition) is 2. The monoisotopic (exact) mass is 140 g/mol. The van der Waals surface area contributed by atoms with Gasteiger partial charge < -0.3 is 10.1 Å². The first-order valence-corrected chi connectivity index (χ1v) is 2.98. The molecule has 0 bridgehead atoms. The largest absolute Gasteiger partial charge is 0.410 e. The maximum atomic E-state index is 8.15. The van der Waals surface area contributed by atoms with Crippen LogP contribution in [0.5, 0.6) is 0 Å². The highest BCUT2D eigenvalue weighted by atomic mass is 16.4. The normalized spacial score (nSPS) is 9.60. The van der Waals surface area contributed by atoms with E-state index in [4.69, 9.17) is 5.21 Å². The lowest BCUT2D eigenvalue weighted by Gasteiger charge is -2.12. The molecule has 0 heterocycles. The van der Waals surface area contributed by atoms with E-state index in [1.165, 1.54) is 6.34 Å². The molecule has 0 unspecified atom stereocenters. The van der Waals surface area contributed by atoms with Crippen molar-refractivity contribution in [1.82, 2.24) is 4.90 Å². The predicted molar refractivity (Wildman–Crippen MR) is 42.2 cm³/mol. The van der Waals surface area contributed by atoms with Gasteiger partial charge in [-0.2, -0.15) is 0 Å². The zero-order chi connectivity index (χ0) is 7.82. The number of hydrogen-bond donors (Lipinski definition) is 1. The van der Waals surface area contributed by atoms with Crippen LogP contribution in [0.4, 0.5) is 0 Å². The van der Waals surface area contributed by atoms with E-state index in [9.17, 15) is 0 Å². The maximum absolute atomic E-state index is 8.15. The quantitative estimate of drug-likeness (QED) is 0.204. The summed E-state index contributed by atoms with van der Waals surface area (Å²) in [6.45, 7) is 8.42. The Morgan fingerprint density at radius 3 is 2.10 bits per heavy atom. The molecule has 10 heavy (non-hydrogen) atoms. The van der Waals surface area contributed by atoms with Crippen molar-refractivity contribution in [3.8, 4) is 0 Å². The van der Waals surface area contributed by atoms with Gasteiger partial charge in [-0.25, -0.2) is 0 Å². The van der Waals surface area contributed by atoms with E-state index in [1.807, 2.05) is 0 Å². The molecule has 0 spiro atoms. The second-order valence-corrected chi connectivity index (χ2v) is 1.76.